The fourth-order valence-electron chi connectivity index (χ4n) is 3.51. The van der Waals surface area contributed by atoms with Gasteiger partial charge < -0.3 is 14.6 Å². The Morgan fingerprint density at radius 2 is 1.89 bits per heavy atom. The molecule has 3 heterocycles. The molecule has 1 saturated heterocycles. The molecule has 1 N–H and O–H groups in total. The van der Waals surface area contributed by atoms with Crippen LogP contribution in [0.5, 0.6) is 5.75 Å². The molecule has 0 aliphatic carbocycles. The number of benzene rings is 1. The molecule has 3 aromatic rings. The second-order valence-electron chi connectivity index (χ2n) is 7.02. The maximum Gasteiger partial charge on any atom is 0.268 e. The van der Waals surface area contributed by atoms with E-state index >= 15 is 0 Å². The van der Waals surface area contributed by atoms with Crippen molar-refractivity contribution in [3.63, 3.8) is 0 Å². The minimum Gasteiger partial charge on any atom is -0.497 e. The van der Waals surface area contributed by atoms with E-state index in [4.69, 9.17) is 4.74 Å². The molecule has 28 heavy (non-hydrogen) atoms. The summed E-state index contributed by atoms with van der Waals surface area (Å²) >= 11 is 0. The molecule has 1 aliphatic rings. The number of rotatable bonds is 4. The third-order valence-corrected chi connectivity index (χ3v) is 5.21. The lowest BCUT2D eigenvalue weighted by molar-refractivity contribution is 0.249. The zero-order valence-electron chi connectivity index (χ0n) is 16.0. The Labute approximate surface area is 162 Å². The summed E-state index contributed by atoms with van der Waals surface area (Å²) < 4.78 is 6.53. The largest absolute Gasteiger partial charge is 0.497 e. The van der Waals surface area contributed by atoms with E-state index < -0.39 is 0 Å². The molecule has 8 heteroatoms. The molecule has 0 saturated carbocycles. The summed E-state index contributed by atoms with van der Waals surface area (Å²) in [6, 6.07) is 9.24. The lowest BCUT2D eigenvalue weighted by atomic mass is 10.1. The number of ether oxygens (including phenoxy) is 1. The van der Waals surface area contributed by atoms with Crippen molar-refractivity contribution < 1.29 is 4.74 Å². The van der Waals surface area contributed by atoms with Crippen LogP contribution < -0.4 is 20.8 Å². The minimum atomic E-state index is -0.112. The zero-order valence-corrected chi connectivity index (χ0v) is 16.0. The van der Waals surface area contributed by atoms with Gasteiger partial charge >= 0.3 is 0 Å². The Morgan fingerprint density at radius 1 is 1.11 bits per heavy atom. The lowest BCUT2D eigenvalue weighted by Crippen LogP contribution is -2.46. The highest BCUT2D eigenvalue weighted by Gasteiger charge is 2.19. The monoisotopic (exact) mass is 381 g/mol. The molecule has 1 aliphatic heterocycles. The van der Waals surface area contributed by atoms with E-state index in [9.17, 15) is 9.59 Å². The normalized spacial score (nSPS) is 15.1. The smallest absolute Gasteiger partial charge is 0.268 e. The Balaban J connectivity index is 1.46. The number of nitrogens with zero attached hydrogens (tertiary/aromatic N) is 4. The maximum absolute atomic E-state index is 12.5. The first-order valence-electron chi connectivity index (χ1n) is 9.24. The highest BCUT2D eigenvalue weighted by molar-refractivity contribution is 5.80. The van der Waals surface area contributed by atoms with Crippen LogP contribution in [0, 0.1) is 0 Å². The SMILES string of the molecule is COc1ccc2cc(CN3CCN(c4cnn(C)c(=O)c4)CC3)c(=O)[nH]c2c1. The predicted molar refractivity (Wildman–Crippen MR) is 108 cm³/mol. The number of hydrogen-bond donors (Lipinski definition) is 1. The molecule has 146 valence electrons. The van der Waals surface area contributed by atoms with E-state index in [0.717, 1.165) is 54.1 Å². The maximum atomic E-state index is 12.5. The number of methoxy groups -OCH3 is 1. The number of nitrogens with one attached hydrogen (secondary N) is 1. The molecule has 1 aromatic carbocycles. The van der Waals surface area contributed by atoms with Gasteiger partial charge in [0.25, 0.3) is 11.1 Å². The van der Waals surface area contributed by atoms with Gasteiger partial charge in [-0.2, -0.15) is 5.10 Å². The van der Waals surface area contributed by atoms with Crippen molar-refractivity contribution in [2.45, 2.75) is 6.54 Å². The second-order valence-corrected chi connectivity index (χ2v) is 7.02. The van der Waals surface area contributed by atoms with Crippen LogP contribution in [0.2, 0.25) is 0 Å². The topological polar surface area (TPSA) is 83.5 Å². The number of hydrogen-bond acceptors (Lipinski definition) is 6. The highest BCUT2D eigenvalue weighted by Crippen LogP contribution is 2.19. The van der Waals surface area contributed by atoms with Crippen LogP contribution in [0.15, 0.2) is 46.1 Å². The van der Waals surface area contributed by atoms with Crippen molar-refractivity contribution in [1.82, 2.24) is 19.7 Å². The zero-order chi connectivity index (χ0) is 19.7. The molecule has 8 nitrogen and oxygen atoms in total. The molecule has 0 spiro atoms. The third-order valence-electron chi connectivity index (χ3n) is 5.21. The van der Waals surface area contributed by atoms with Gasteiger partial charge in [0.15, 0.2) is 0 Å². The number of aryl methyl sites for hydroxylation is 1. The van der Waals surface area contributed by atoms with Crippen LogP contribution in [0.25, 0.3) is 10.9 Å². The number of pyridine rings is 1. The molecule has 0 unspecified atom stereocenters. The number of aromatic amines is 1. The van der Waals surface area contributed by atoms with Crippen LogP contribution in [0.4, 0.5) is 5.69 Å². The van der Waals surface area contributed by atoms with Gasteiger partial charge in [0.1, 0.15) is 5.75 Å². The van der Waals surface area contributed by atoms with Gasteiger partial charge in [0, 0.05) is 57.5 Å². The average Bonchev–Trinajstić information content (AvgIpc) is 2.71. The number of fused-ring (bicyclic) bond motifs is 1. The lowest BCUT2D eigenvalue weighted by Gasteiger charge is -2.35. The predicted octanol–water partition coefficient (Wildman–Crippen LogP) is 0.953. The summed E-state index contributed by atoms with van der Waals surface area (Å²) in [6.07, 6.45) is 1.72. The summed E-state index contributed by atoms with van der Waals surface area (Å²) in [5.41, 5.74) is 2.19. The number of piperazine rings is 1. The number of aromatic nitrogens is 3. The summed E-state index contributed by atoms with van der Waals surface area (Å²) in [7, 11) is 3.25. The first-order valence-corrected chi connectivity index (χ1v) is 9.24. The second kappa shape index (κ2) is 7.47. The Kier molecular flexibility index (Phi) is 4.87. The number of anilines is 1. The Morgan fingerprint density at radius 3 is 2.61 bits per heavy atom. The van der Waals surface area contributed by atoms with Gasteiger partial charge in [0.05, 0.1) is 24.5 Å². The molecular weight excluding hydrogens is 358 g/mol. The van der Waals surface area contributed by atoms with Gasteiger partial charge in [-0.25, -0.2) is 4.68 Å². The van der Waals surface area contributed by atoms with Gasteiger partial charge in [-0.15, -0.1) is 0 Å². The summed E-state index contributed by atoms with van der Waals surface area (Å²) in [4.78, 5) is 31.6. The van der Waals surface area contributed by atoms with Crippen molar-refractivity contribution in [1.29, 1.82) is 0 Å². The van der Waals surface area contributed by atoms with E-state index in [1.807, 2.05) is 24.3 Å². The highest BCUT2D eigenvalue weighted by atomic mass is 16.5. The molecule has 4 rings (SSSR count). The third kappa shape index (κ3) is 3.63. The summed E-state index contributed by atoms with van der Waals surface area (Å²) in [5.74, 6) is 0.720. The van der Waals surface area contributed by atoms with E-state index in [1.165, 1.54) is 4.68 Å². The average molecular weight is 381 g/mol. The van der Waals surface area contributed by atoms with E-state index in [0.29, 0.717) is 6.54 Å². The summed E-state index contributed by atoms with van der Waals surface area (Å²) in [5, 5.41) is 5.07. The van der Waals surface area contributed by atoms with Crippen LogP contribution >= 0.6 is 0 Å². The first-order chi connectivity index (χ1) is 13.5. The molecule has 2 aromatic heterocycles. The summed E-state index contributed by atoms with van der Waals surface area (Å²) in [6.45, 7) is 3.81. The van der Waals surface area contributed by atoms with Crippen molar-refractivity contribution in [3.8, 4) is 5.75 Å². The molecular formula is C20H23N5O3. The van der Waals surface area contributed by atoms with Crippen molar-refractivity contribution in [2.24, 2.45) is 7.05 Å². The van der Waals surface area contributed by atoms with Gasteiger partial charge in [0.2, 0.25) is 0 Å². The molecule has 0 atom stereocenters. The minimum absolute atomic E-state index is 0.0704. The van der Waals surface area contributed by atoms with E-state index in [2.05, 4.69) is 19.9 Å². The molecule has 0 bridgehead atoms. The quantitative estimate of drug-likeness (QED) is 0.725. The van der Waals surface area contributed by atoms with E-state index in [-0.39, 0.29) is 11.1 Å². The molecule has 1 fully saturated rings. The first kappa shape index (κ1) is 18.2. The Hall–Kier alpha value is -3.13. The molecule has 0 amide bonds. The Bertz CT molecular complexity index is 1110. The molecule has 0 radical (unpaired) electrons. The standard InChI is InChI=1S/C20H23N5O3/c1-23-19(26)10-16(12-21-23)25-7-5-24(6-8-25)13-15-9-14-3-4-17(28-2)11-18(14)22-20(15)27/h3-4,9-12H,5-8,13H2,1-2H3,(H,22,27). The van der Waals surface area contributed by atoms with Gasteiger partial charge in [-0.1, -0.05) is 0 Å². The van der Waals surface area contributed by atoms with Crippen molar-refractivity contribution in [3.05, 3.63) is 62.8 Å². The van der Waals surface area contributed by atoms with Crippen molar-refractivity contribution >= 4 is 16.6 Å². The van der Waals surface area contributed by atoms with Crippen molar-refractivity contribution in [2.75, 3.05) is 38.2 Å². The number of H-pyrrole nitrogens is 1. The van der Waals surface area contributed by atoms with Crippen LogP contribution in [0.1, 0.15) is 5.56 Å². The fraction of sp³-hybridized carbons (Fsp3) is 0.350. The fourth-order valence-corrected chi connectivity index (χ4v) is 3.51. The van der Waals surface area contributed by atoms with Crippen LogP contribution in [-0.2, 0) is 13.6 Å². The van der Waals surface area contributed by atoms with Crippen LogP contribution in [0.3, 0.4) is 0 Å². The van der Waals surface area contributed by atoms with Gasteiger partial charge in [-0.3, -0.25) is 14.5 Å². The van der Waals surface area contributed by atoms with Crippen LogP contribution in [-0.4, -0.2) is 53.0 Å². The van der Waals surface area contributed by atoms with Gasteiger partial charge in [-0.05, 0) is 23.6 Å². The van der Waals surface area contributed by atoms with E-state index in [1.54, 1.807) is 26.4 Å².